The first-order chi connectivity index (χ1) is 6.73. The van der Waals surface area contributed by atoms with Crippen molar-refractivity contribution in [2.24, 2.45) is 0 Å². The molecule has 15 heavy (non-hydrogen) atoms. The van der Waals surface area contributed by atoms with Gasteiger partial charge in [-0.25, -0.2) is 0 Å². The fourth-order valence-corrected chi connectivity index (χ4v) is 1.42. The molecule has 0 aliphatic carbocycles. The molecule has 0 unspecified atom stereocenters. The highest BCUT2D eigenvalue weighted by Gasteiger charge is 2.21. The quantitative estimate of drug-likeness (QED) is 0.217. The van der Waals surface area contributed by atoms with Gasteiger partial charge in [0.05, 0.1) is 4.92 Å². The van der Waals surface area contributed by atoms with Crippen molar-refractivity contribution >= 4 is 21.5 Å². The Morgan fingerprint density at radius 3 is 2.33 bits per heavy atom. The number of nitrogens with two attached hydrogens (primary N) is 1. The summed E-state index contributed by atoms with van der Waals surface area (Å²) >= 11 is 0. The number of hydrogen-bond acceptors (Lipinski definition) is 6. The molecule has 0 radical (unpaired) electrons. The maximum Gasteiger partial charge on any atom is 0.297 e. The number of phenolic OH excluding ortho intramolecular Hbond substituents is 1. The Morgan fingerprint density at radius 1 is 1.40 bits per heavy atom. The number of nitrogens with zero attached hydrogens (tertiary/aromatic N) is 1. The van der Waals surface area contributed by atoms with E-state index >= 15 is 0 Å². The highest BCUT2D eigenvalue weighted by molar-refractivity contribution is 7.85. The van der Waals surface area contributed by atoms with E-state index in [0.717, 1.165) is 0 Å². The summed E-state index contributed by atoms with van der Waals surface area (Å²) in [6, 6.07) is 1.18. The summed E-state index contributed by atoms with van der Waals surface area (Å²) in [5.41, 5.74) is 3.78. The lowest BCUT2D eigenvalue weighted by molar-refractivity contribution is -0.384. The number of hydrogen-bond donors (Lipinski definition) is 3. The van der Waals surface area contributed by atoms with Crippen LogP contribution in [0.1, 0.15) is 0 Å². The largest absolute Gasteiger partial charge is 0.505 e. The van der Waals surface area contributed by atoms with Gasteiger partial charge in [-0.1, -0.05) is 0 Å². The van der Waals surface area contributed by atoms with E-state index < -0.39 is 37.1 Å². The topological polar surface area (TPSA) is 144 Å². The van der Waals surface area contributed by atoms with Crippen LogP contribution in [0, 0.1) is 10.1 Å². The van der Waals surface area contributed by atoms with E-state index in [2.05, 4.69) is 0 Å². The molecule has 82 valence electrons. The van der Waals surface area contributed by atoms with Crippen LogP contribution in [-0.2, 0) is 10.1 Å². The van der Waals surface area contributed by atoms with E-state index in [1.807, 2.05) is 0 Å². The number of benzene rings is 1. The third kappa shape index (κ3) is 2.14. The number of aromatic hydroxyl groups is 1. The van der Waals surface area contributed by atoms with Crippen molar-refractivity contribution in [2.45, 2.75) is 4.90 Å². The monoisotopic (exact) mass is 234 g/mol. The lowest BCUT2D eigenvalue weighted by Gasteiger charge is -2.02. The molecule has 0 aromatic heterocycles. The predicted octanol–water partition coefficient (Wildman–Crippen LogP) is 0.129. The summed E-state index contributed by atoms with van der Waals surface area (Å²) in [6.45, 7) is 0. The Hall–Kier alpha value is -1.87. The normalized spacial score (nSPS) is 11.3. The van der Waals surface area contributed by atoms with E-state index in [9.17, 15) is 18.5 Å². The maximum atomic E-state index is 10.7. The zero-order valence-corrected chi connectivity index (χ0v) is 7.93. The summed E-state index contributed by atoms with van der Waals surface area (Å²) in [4.78, 5) is 8.63. The molecule has 1 aromatic carbocycles. The second kappa shape index (κ2) is 3.37. The molecule has 1 aromatic rings. The molecule has 1 rings (SSSR count). The molecular weight excluding hydrogens is 228 g/mol. The highest BCUT2D eigenvalue weighted by Crippen LogP contribution is 2.33. The lowest BCUT2D eigenvalue weighted by atomic mass is 10.2. The molecular formula is C6H6N2O6S. The van der Waals surface area contributed by atoms with Crippen molar-refractivity contribution in [3.63, 3.8) is 0 Å². The van der Waals surface area contributed by atoms with Gasteiger partial charge in [-0.15, -0.1) is 0 Å². The molecule has 0 aliphatic heterocycles. The zero-order chi connectivity index (χ0) is 11.8. The van der Waals surface area contributed by atoms with Crippen molar-refractivity contribution in [3.8, 4) is 5.75 Å². The molecule has 0 spiro atoms. The van der Waals surface area contributed by atoms with Crippen LogP contribution in [0.3, 0.4) is 0 Å². The van der Waals surface area contributed by atoms with Gasteiger partial charge in [-0.2, -0.15) is 8.42 Å². The van der Waals surface area contributed by atoms with Crippen molar-refractivity contribution in [1.82, 2.24) is 0 Å². The number of nitro groups is 1. The van der Waals surface area contributed by atoms with Gasteiger partial charge in [-0.3, -0.25) is 14.7 Å². The van der Waals surface area contributed by atoms with Crippen LogP contribution in [0.2, 0.25) is 0 Å². The SMILES string of the molecule is Nc1c(O)cc(S(=O)(=O)O)cc1[N+](=O)[O-]. The molecule has 0 bridgehead atoms. The number of nitro benzene ring substituents is 1. The molecule has 4 N–H and O–H groups in total. The van der Waals surface area contributed by atoms with E-state index in [1.54, 1.807) is 0 Å². The van der Waals surface area contributed by atoms with E-state index in [4.69, 9.17) is 15.4 Å². The molecule has 0 saturated carbocycles. The smallest absolute Gasteiger partial charge is 0.297 e. The summed E-state index contributed by atoms with van der Waals surface area (Å²) < 4.78 is 29.9. The molecule has 0 amide bonds. The minimum atomic E-state index is -4.62. The first-order valence-corrected chi connectivity index (χ1v) is 4.92. The first-order valence-electron chi connectivity index (χ1n) is 3.48. The molecule has 8 nitrogen and oxygen atoms in total. The predicted molar refractivity (Wildman–Crippen MR) is 49.0 cm³/mol. The van der Waals surface area contributed by atoms with Gasteiger partial charge in [0, 0.05) is 12.1 Å². The summed E-state index contributed by atoms with van der Waals surface area (Å²) in [7, 11) is -4.62. The Balaban J connectivity index is 3.57. The molecule has 0 heterocycles. The van der Waals surface area contributed by atoms with Gasteiger partial charge in [0.1, 0.15) is 10.6 Å². The second-order valence-electron chi connectivity index (χ2n) is 2.61. The summed E-state index contributed by atoms with van der Waals surface area (Å²) in [5, 5.41) is 19.5. The van der Waals surface area contributed by atoms with E-state index in [1.165, 1.54) is 0 Å². The van der Waals surface area contributed by atoms with Crippen LogP contribution in [0.15, 0.2) is 17.0 Å². The van der Waals surface area contributed by atoms with Crippen LogP contribution in [-0.4, -0.2) is 23.0 Å². The summed E-state index contributed by atoms with van der Waals surface area (Å²) in [6.07, 6.45) is 0. The van der Waals surface area contributed by atoms with Gasteiger partial charge in [0.15, 0.2) is 5.69 Å². The molecule has 0 fully saturated rings. The van der Waals surface area contributed by atoms with Crippen molar-refractivity contribution in [3.05, 3.63) is 22.2 Å². The lowest BCUT2D eigenvalue weighted by Crippen LogP contribution is -2.02. The van der Waals surface area contributed by atoms with Crippen LogP contribution >= 0.6 is 0 Å². The van der Waals surface area contributed by atoms with Crippen LogP contribution in [0.4, 0.5) is 11.4 Å². The first kappa shape index (κ1) is 11.2. The molecule has 9 heteroatoms. The van der Waals surface area contributed by atoms with Crippen LogP contribution in [0.25, 0.3) is 0 Å². The minimum Gasteiger partial charge on any atom is -0.505 e. The molecule has 0 atom stereocenters. The van der Waals surface area contributed by atoms with E-state index in [0.29, 0.717) is 12.1 Å². The average Bonchev–Trinajstić information content (AvgIpc) is 2.06. The maximum absolute atomic E-state index is 10.7. The van der Waals surface area contributed by atoms with Crippen molar-refractivity contribution in [1.29, 1.82) is 0 Å². The van der Waals surface area contributed by atoms with Gasteiger partial charge in [-0.05, 0) is 0 Å². The average molecular weight is 234 g/mol. The van der Waals surface area contributed by atoms with Crippen LogP contribution < -0.4 is 5.73 Å². The van der Waals surface area contributed by atoms with E-state index in [-0.39, 0.29) is 0 Å². The molecule has 0 aliphatic rings. The van der Waals surface area contributed by atoms with Crippen LogP contribution in [0.5, 0.6) is 5.75 Å². The number of anilines is 1. The fraction of sp³-hybridized carbons (Fsp3) is 0. The van der Waals surface area contributed by atoms with Gasteiger partial charge in [0.2, 0.25) is 0 Å². The Bertz CT molecular complexity index is 523. The third-order valence-corrected chi connectivity index (χ3v) is 2.44. The highest BCUT2D eigenvalue weighted by atomic mass is 32.2. The minimum absolute atomic E-state index is 0.560. The van der Waals surface area contributed by atoms with Crippen molar-refractivity contribution in [2.75, 3.05) is 5.73 Å². The second-order valence-corrected chi connectivity index (χ2v) is 4.03. The Labute approximate surface area is 83.8 Å². The van der Waals surface area contributed by atoms with Gasteiger partial charge >= 0.3 is 0 Å². The molecule has 0 saturated heterocycles. The number of nitrogen functional groups attached to an aromatic ring is 1. The van der Waals surface area contributed by atoms with Gasteiger partial charge in [0.25, 0.3) is 15.8 Å². The third-order valence-electron chi connectivity index (χ3n) is 1.60. The zero-order valence-electron chi connectivity index (χ0n) is 7.11. The number of rotatable bonds is 2. The standard InChI is InChI=1S/C6H6N2O6S/c7-6-4(8(10)11)1-3(2-5(6)9)15(12,13)14/h1-2,9H,7H2,(H,12,13,14). The number of phenols is 1. The Morgan fingerprint density at radius 2 is 1.93 bits per heavy atom. The summed E-state index contributed by atoms with van der Waals surface area (Å²) in [5.74, 6) is -0.781. The van der Waals surface area contributed by atoms with Crippen molar-refractivity contribution < 1.29 is 23.0 Å². The fourth-order valence-electron chi connectivity index (χ4n) is 0.898. The van der Waals surface area contributed by atoms with Gasteiger partial charge < -0.3 is 10.8 Å². The Kier molecular flexibility index (Phi) is 2.51.